The smallest absolute Gasteiger partial charge is 0.128 e. The summed E-state index contributed by atoms with van der Waals surface area (Å²) in [6, 6.07) is 29.9. The molecule has 0 saturated heterocycles. The third-order valence-corrected chi connectivity index (χ3v) is 7.06. The van der Waals surface area contributed by atoms with E-state index in [1.165, 1.54) is 0 Å². The van der Waals surface area contributed by atoms with Crippen LogP contribution in [0.15, 0.2) is 91.0 Å². The quantitative estimate of drug-likeness (QED) is 0.665. The van der Waals surface area contributed by atoms with E-state index < -0.39 is 6.89 Å². The Hall–Kier alpha value is -1.82. The van der Waals surface area contributed by atoms with Gasteiger partial charge in [-0.05, 0) is 15.9 Å². The molecule has 0 atom stereocenters. The predicted octanol–water partition coefficient (Wildman–Crippen LogP) is 3.05. The zero-order valence-electron chi connectivity index (χ0n) is 11.8. The molecule has 0 heterocycles. The van der Waals surface area contributed by atoms with Crippen molar-refractivity contribution in [3.05, 3.63) is 91.0 Å². The van der Waals surface area contributed by atoms with Crippen LogP contribution < -0.4 is 15.9 Å². The van der Waals surface area contributed by atoms with Crippen LogP contribution in [0.4, 0.5) is 0 Å². The second-order valence-corrected chi connectivity index (χ2v) is 7.84. The molecule has 22 heavy (non-hydrogen) atoms. The molecule has 1 nitrogen and oxygen atoms in total. The average molecular weight is 349 g/mol. The maximum atomic E-state index is 12.2. The SMILES string of the molecule is O=C=P(c1ccccc1)(c1ccccc1)c1ccccc1.[Co]. The van der Waals surface area contributed by atoms with Gasteiger partial charge in [0.15, 0.2) is 0 Å². The normalized spacial score (nSPS) is 10.4. The molecule has 0 aliphatic heterocycles. The standard InChI is InChI=1S/C19H15OP.Co/c20-16-21(17-10-4-1-5-11-17,18-12-6-2-7-13-18)19-14-8-3-9-15-19;/h1-15H;. The van der Waals surface area contributed by atoms with Gasteiger partial charge >= 0.3 is 0 Å². The van der Waals surface area contributed by atoms with Gasteiger partial charge in [-0.15, -0.1) is 0 Å². The summed E-state index contributed by atoms with van der Waals surface area (Å²) in [5, 5.41) is 3.12. The second-order valence-electron chi connectivity index (χ2n) is 4.77. The Kier molecular flexibility index (Phi) is 5.60. The van der Waals surface area contributed by atoms with Crippen molar-refractivity contribution < 1.29 is 21.6 Å². The molecule has 3 heteroatoms. The molecule has 1 radical (unpaired) electrons. The number of hydrogen-bond donors (Lipinski definition) is 0. The van der Waals surface area contributed by atoms with Crippen LogP contribution in [0, 0.1) is 0 Å². The van der Waals surface area contributed by atoms with Crippen molar-refractivity contribution in [2.45, 2.75) is 0 Å². The number of hydrogen-bond acceptors (Lipinski definition) is 1. The van der Waals surface area contributed by atoms with Crippen LogP contribution in [0.3, 0.4) is 0 Å². The Labute approximate surface area is 141 Å². The molecule has 0 aromatic heterocycles. The molecule has 111 valence electrons. The Morgan fingerprint density at radius 2 is 0.818 bits per heavy atom. The Bertz CT molecular complexity index is 691. The molecular weight excluding hydrogens is 334 g/mol. The van der Waals surface area contributed by atoms with Crippen LogP contribution in [0.5, 0.6) is 0 Å². The molecule has 0 aliphatic rings. The number of carbonyl (C=O) groups excluding carboxylic acids is 1. The summed E-state index contributed by atoms with van der Waals surface area (Å²) < 4.78 is 0. The van der Waals surface area contributed by atoms with Crippen LogP contribution in [-0.2, 0) is 21.6 Å². The summed E-state index contributed by atoms with van der Waals surface area (Å²) in [5.74, 6) is 0. The molecule has 0 aliphatic carbocycles. The van der Waals surface area contributed by atoms with Crippen molar-refractivity contribution in [2.75, 3.05) is 0 Å². The minimum Gasteiger partial charge on any atom is -0.233 e. The molecule has 3 aromatic rings. The van der Waals surface area contributed by atoms with Crippen LogP contribution in [0.2, 0.25) is 0 Å². The van der Waals surface area contributed by atoms with E-state index in [9.17, 15) is 4.79 Å². The van der Waals surface area contributed by atoms with E-state index in [0.717, 1.165) is 15.9 Å². The van der Waals surface area contributed by atoms with E-state index in [0.29, 0.717) is 0 Å². The van der Waals surface area contributed by atoms with Gasteiger partial charge in [-0.25, -0.2) is 4.79 Å². The largest absolute Gasteiger partial charge is 0.233 e. The number of benzene rings is 3. The summed E-state index contributed by atoms with van der Waals surface area (Å²) in [5.41, 5.74) is 2.43. The van der Waals surface area contributed by atoms with E-state index in [1.54, 1.807) is 0 Å². The maximum absolute atomic E-state index is 12.2. The first kappa shape index (κ1) is 16.5. The van der Waals surface area contributed by atoms with Crippen molar-refractivity contribution in [1.29, 1.82) is 0 Å². The fourth-order valence-electron chi connectivity index (χ4n) is 2.56. The van der Waals surface area contributed by atoms with E-state index in [1.807, 2.05) is 91.0 Å². The van der Waals surface area contributed by atoms with Gasteiger partial charge in [0.25, 0.3) is 0 Å². The van der Waals surface area contributed by atoms with Gasteiger partial charge in [-0.1, -0.05) is 91.0 Å². The Morgan fingerprint density at radius 3 is 1.05 bits per heavy atom. The van der Waals surface area contributed by atoms with E-state index in [-0.39, 0.29) is 16.8 Å². The summed E-state index contributed by atoms with van der Waals surface area (Å²) in [6.45, 7) is -2.34. The molecule has 0 spiro atoms. The monoisotopic (exact) mass is 349 g/mol. The second kappa shape index (κ2) is 7.44. The van der Waals surface area contributed by atoms with Gasteiger partial charge in [-0.3, -0.25) is 0 Å². The molecule has 0 amide bonds. The third kappa shape index (κ3) is 2.88. The fraction of sp³-hybridized carbons (Fsp3) is 0. The van der Waals surface area contributed by atoms with Gasteiger partial charge in [0, 0.05) is 16.8 Å². The molecule has 0 N–H and O–H groups in total. The molecule has 0 saturated carbocycles. The third-order valence-electron chi connectivity index (χ3n) is 3.57. The van der Waals surface area contributed by atoms with Gasteiger partial charge in [0.2, 0.25) is 0 Å². The number of rotatable bonds is 3. The van der Waals surface area contributed by atoms with Crippen LogP contribution in [-0.4, -0.2) is 5.66 Å². The zero-order chi connectivity index (χ0) is 14.5. The van der Waals surface area contributed by atoms with Crippen LogP contribution in [0.25, 0.3) is 0 Å². The Morgan fingerprint density at radius 1 is 0.545 bits per heavy atom. The molecule has 0 bridgehead atoms. The van der Waals surface area contributed by atoms with Crippen molar-refractivity contribution >= 4 is 28.5 Å². The molecule has 3 aromatic carbocycles. The molecule has 3 rings (SSSR count). The minimum atomic E-state index is -2.34. The van der Waals surface area contributed by atoms with Crippen LogP contribution >= 0.6 is 6.89 Å². The summed E-state index contributed by atoms with van der Waals surface area (Å²) >= 11 is 0. The average Bonchev–Trinajstić information content (AvgIpc) is 2.59. The van der Waals surface area contributed by atoms with E-state index in [4.69, 9.17) is 0 Å². The zero-order valence-corrected chi connectivity index (χ0v) is 13.8. The van der Waals surface area contributed by atoms with Gasteiger partial charge < -0.3 is 0 Å². The predicted molar refractivity (Wildman–Crippen MR) is 90.8 cm³/mol. The molecular formula is C19H15CoOP. The van der Waals surface area contributed by atoms with Gasteiger partial charge in [-0.2, -0.15) is 0 Å². The first-order valence-corrected chi connectivity index (χ1v) is 8.62. The maximum Gasteiger partial charge on any atom is 0.128 e. The summed E-state index contributed by atoms with van der Waals surface area (Å²) in [6.07, 6.45) is 0. The first-order chi connectivity index (χ1) is 10.4. The Balaban J connectivity index is 0.00000176. The van der Waals surface area contributed by atoms with E-state index in [2.05, 4.69) is 5.66 Å². The van der Waals surface area contributed by atoms with E-state index >= 15 is 0 Å². The van der Waals surface area contributed by atoms with Crippen LogP contribution in [0.1, 0.15) is 0 Å². The first-order valence-electron chi connectivity index (χ1n) is 6.83. The fourth-order valence-corrected chi connectivity index (χ4v) is 5.63. The van der Waals surface area contributed by atoms with Crippen molar-refractivity contribution in [3.8, 4) is 0 Å². The van der Waals surface area contributed by atoms with Crippen molar-refractivity contribution in [3.63, 3.8) is 0 Å². The van der Waals surface area contributed by atoms with Gasteiger partial charge in [0.1, 0.15) is 5.66 Å². The van der Waals surface area contributed by atoms with Crippen molar-refractivity contribution in [2.24, 2.45) is 0 Å². The van der Waals surface area contributed by atoms with Crippen molar-refractivity contribution in [1.82, 2.24) is 0 Å². The topological polar surface area (TPSA) is 17.1 Å². The minimum absolute atomic E-state index is 0. The molecule has 0 unspecified atom stereocenters. The summed E-state index contributed by atoms with van der Waals surface area (Å²) in [7, 11) is 0. The van der Waals surface area contributed by atoms with Gasteiger partial charge in [0.05, 0.1) is 6.89 Å². The molecule has 0 fully saturated rings. The summed E-state index contributed by atoms with van der Waals surface area (Å²) in [4.78, 5) is 12.2.